The van der Waals surface area contributed by atoms with Crippen molar-refractivity contribution in [3.05, 3.63) is 0 Å². The zero-order valence-electron chi connectivity index (χ0n) is 11.2. The van der Waals surface area contributed by atoms with Crippen molar-refractivity contribution in [3.63, 3.8) is 0 Å². The van der Waals surface area contributed by atoms with Crippen molar-refractivity contribution in [3.8, 4) is 0 Å². The van der Waals surface area contributed by atoms with E-state index in [-0.39, 0.29) is 6.04 Å². The molecule has 0 saturated carbocycles. The van der Waals surface area contributed by atoms with E-state index in [1.807, 2.05) is 6.92 Å². The topological polar surface area (TPSA) is 49.9 Å². The smallest absolute Gasteiger partial charge is 0.282 e. The Hall–Kier alpha value is -0.170. The molecule has 1 atom stereocenters. The molecule has 0 aromatic carbocycles. The van der Waals surface area contributed by atoms with Crippen LogP contribution >= 0.6 is 0 Å². The summed E-state index contributed by atoms with van der Waals surface area (Å²) in [6.45, 7) is 4.92. The summed E-state index contributed by atoms with van der Waals surface area (Å²) in [6, 6.07) is 0.00648. The van der Waals surface area contributed by atoms with Crippen LogP contribution in [-0.2, 0) is 14.9 Å². The Balaban J connectivity index is 2.12. The second-order valence-electron chi connectivity index (χ2n) is 5.07. The molecule has 106 valence electrons. The van der Waals surface area contributed by atoms with Gasteiger partial charge in [-0.1, -0.05) is 19.8 Å². The summed E-state index contributed by atoms with van der Waals surface area (Å²) in [5, 5.41) is 0. The fraction of sp³-hybridized carbons (Fsp3) is 1.00. The van der Waals surface area contributed by atoms with Gasteiger partial charge in [-0.25, -0.2) is 0 Å². The van der Waals surface area contributed by atoms with Crippen molar-refractivity contribution in [2.75, 3.05) is 32.8 Å². The van der Waals surface area contributed by atoms with Gasteiger partial charge in [-0.3, -0.25) is 0 Å². The van der Waals surface area contributed by atoms with Gasteiger partial charge < -0.3 is 4.74 Å². The zero-order valence-corrected chi connectivity index (χ0v) is 12.0. The van der Waals surface area contributed by atoms with Gasteiger partial charge in [0.2, 0.25) is 0 Å². The highest BCUT2D eigenvalue weighted by Gasteiger charge is 2.36. The third-order valence-electron chi connectivity index (χ3n) is 3.83. The maximum Gasteiger partial charge on any atom is 0.282 e. The third-order valence-corrected chi connectivity index (χ3v) is 5.92. The molecular formula is C12H24N2O3S. The SMILES string of the molecule is CC[C@H]1COCCN1S(=O)(=O)N1CCCCCC1. The summed E-state index contributed by atoms with van der Waals surface area (Å²) in [4.78, 5) is 0. The number of nitrogens with zero attached hydrogens (tertiary/aromatic N) is 2. The van der Waals surface area contributed by atoms with Crippen LogP contribution in [0.1, 0.15) is 39.0 Å². The maximum absolute atomic E-state index is 12.7. The molecule has 2 fully saturated rings. The second kappa shape index (κ2) is 6.32. The van der Waals surface area contributed by atoms with Crippen LogP contribution in [0.3, 0.4) is 0 Å². The monoisotopic (exact) mass is 276 g/mol. The fourth-order valence-corrected chi connectivity index (χ4v) is 4.59. The maximum atomic E-state index is 12.7. The molecule has 2 heterocycles. The van der Waals surface area contributed by atoms with Gasteiger partial charge >= 0.3 is 0 Å². The lowest BCUT2D eigenvalue weighted by Crippen LogP contribution is -2.53. The number of rotatable bonds is 3. The molecule has 5 nitrogen and oxygen atoms in total. The van der Waals surface area contributed by atoms with E-state index in [9.17, 15) is 8.42 Å². The lowest BCUT2D eigenvalue weighted by molar-refractivity contribution is 0.0285. The first-order valence-electron chi connectivity index (χ1n) is 7.01. The first-order valence-corrected chi connectivity index (χ1v) is 8.40. The Bertz CT molecular complexity index is 350. The van der Waals surface area contributed by atoms with Crippen molar-refractivity contribution in [1.82, 2.24) is 8.61 Å². The molecule has 0 aliphatic carbocycles. The number of hydrogen-bond acceptors (Lipinski definition) is 3. The van der Waals surface area contributed by atoms with Crippen LogP contribution < -0.4 is 0 Å². The van der Waals surface area contributed by atoms with Crippen LogP contribution in [0, 0.1) is 0 Å². The molecule has 0 aromatic rings. The Kier molecular flexibility index (Phi) is 5.00. The van der Waals surface area contributed by atoms with Crippen LogP contribution in [0.15, 0.2) is 0 Å². The molecular weight excluding hydrogens is 252 g/mol. The lowest BCUT2D eigenvalue weighted by Gasteiger charge is -2.37. The minimum Gasteiger partial charge on any atom is -0.378 e. The predicted molar refractivity (Wildman–Crippen MR) is 70.6 cm³/mol. The molecule has 0 radical (unpaired) electrons. The van der Waals surface area contributed by atoms with Crippen LogP contribution in [0.25, 0.3) is 0 Å². The minimum absolute atomic E-state index is 0.00648. The normalized spacial score (nSPS) is 29.1. The van der Waals surface area contributed by atoms with Crippen molar-refractivity contribution >= 4 is 10.2 Å². The van der Waals surface area contributed by atoms with E-state index < -0.39 is 10.2 Å². The fourth-order valence-electron chi connectivity index (χ4n) is 2.69. The van der Waals surface area contributed by atoms with Gasteiger partial charge in [0.1, 0.15) is 0 Å². The summed E-state index contributed by atoms with van der Waals surface area (Å²) in [5.74, 6) is 0. The van der Waals surface area contributed by atoms with E-state index in [1.165, 1.54) is 0 Å². The molecule has 0 unspecified atom stereocenters. The quantitative estimate of drug-likeness (QED) is 0.779. The molecule has 0 aromatic heterocycles. The molecule has 0 spiro atoms. The van der Waals surface area contributed by atoms with Gasteiger partial charge in [-0.15, -0.1) is 0 Å². The first-order chi connectivity index (χ1) is 8.66. The van der Waals surface area contributed by atoms with Crippen molar-refractivity contribution in [2.45, 2.75) is 45.1 Å². The van der Waals surface area contributed by atoms with Crippen molar-refractivity contribution in [2.24, 2.45) is 0 Å². The predicted octanol–water partition coefficient (Wildman–Crippen LogP) is 1.22. The van der Waals surface area contributed by atoms with Crippen molar-refractivity contribution < 1.29 is 13.2 Å². The highest BCUT2D eigenvalue weighted by molar-refractivity contribution is 7.86. The Labute approximate surface area is 110 Å². The van der Waals surface area contributed by atoms with Gasteiger partial charge in [0.15, 0.2) is 0 Å². The van der Waals surface area contributed by atoms with Crippen LogP contribution in [0.2, 0.25) is 0 Å². The Morgan fingerprint density at radius 1 is 1.11 bits per heavy atom. The summed E-state index contributed by atoms with van der Waals surface area (Å²) in [6.07, 6.45) is 5.08. The van der Waals surface area contributed by atoms with Crippen LogP contribution in [0.4, 0.5) is 0 Å². The summed E-state index contributed by atoms with van der Waals surface area (Å²) < 4.78 is 34.0. The molecule has 2 aliphatic rings. The van der Waals surface area contributed by atoms with E-state index in [1.54, 1.807) is 8.61 Å². The molecule has 2 saturated heterocycles. The molecule has 0 N–H and O–H groups in total. The molecule has 18 heavy (non-hydrogen) atoms. The number of hydrogen-bond donors (Lipinski definition) is 0. The van der Waals surface area contributed by atoms with E-state index in [4.69, 9.17) is 4.74 Å². The summed E-state index contributed by atoms with van der Waals surface area (Å²) >= 11 is 0. The average Bonchev–Trinajstić information content (AvgIpc) is 2.68. The van der Waals surface area contributed by atoms with Gasteiger partial charge in [0.05, 0.1) is 13.2 Å². The molecule has 0 amide bonds. The van der Waals surface area contributed by atoms with Gasteiger partial charge in [0.25, 0.3) is 10.2 Å². The van der Waals surface area contributed by atoms with E-state index in [0.717, 1.165) is 32.1 Å². The Morgan fingerprint density at radius 2 is 1.78 bits per heavy atom. The standard InChI is InChI=1S/C12H24N2O3S/c1-2-12-11-17-10-9-14(12)18(15,16)13-7-5-3-4-6-8-13/h12H,2-11H2,1H3/t12-/m0/s1. The van der Waals surface area contributed by atoms with E-state index in [2.05, 4.69) is 0 Å². The van der Waals surface area contributed by atoms with Crippen LogP contribution in [0.5, 0.6) is 0 Å². The number of morpholine rings is 1. The minimum atomic E-state index is -3.28. The second-order valence-corrected chi connectivity index (χ2v) is 6.95. The van der Waals surface area contributed by atoms with Crippen molar-refractivity contribution in [1.29, 1.82) is 0 Å². The summed E-state index contributed by atoms with van der Waals surface area (Å²) in [7, 11) is -3.28. The van der Waals surface area contributed by atoms with E-state index in [0.29, 0.717) is 32.8 Å². The summed E-state index contributed by atoms with van der Waals surface area (Å²) in [5.41, 5.74) is 0. The molecule has 2 rings (SSSR count). The van der Waals surface area contributed by atoms with Gasteiger partial charge in [-0.05, 0) is 19.3 Å². The Morgan fingerprint density at radius 3 is 2.39 bits per heavy atom. The van der Waals surface area contributed by atoms with Crippen LogP contribution in [-0.4, -0.2) is 55.9 Å². The number of ether oxygens (including phenoxy) is 1. The largest absolute Gasteiger partial charge is 0.378 e. The lowest BCUT2D eigenvalue weighted by atomic mass is 10.2. The van der Waals surface area contributed by atoms with Gasteiger partial charge in [0, 0.05) is 25.7 Å². The highest BCUT2D eigenvalue weighted by atomic mass is 32.2. The molecule has 0 bridgehead atoms. The first kappa shape index (κ1) is 14.2. The van der Waals surface area contributed by atoms with Gasteiger partial charge in [-0.2, -0.15) is 17.0 Å². The molecule has 2 aliphatic heterocycles. The van der Waals surface area contributed by atoms with E-state index >= 15 is 0 Å². The highest BCUT2D eigenvalue weighted by Crippen LogP contribution is 2.21. The third kappa shape index (κ3) is 3.04. The molecule has 6 heteroatoms. The average molecular weight is 276 g/mol. The zero-order chi connectivity index (χ0) is 13.0.